The van der Waals surface area contributed by atoms with Crippen molar-refractivity contribution in [3.63, 3.8) is 0 Å². The van der Waals surface area contributed by atoms with Gasteiger partial charge in [0.2, 0.25) is 5.91 Å². The van der Waals surface area contributed by atoms with E-state index in [4.69, 9.17) is 0 Å². The van der Waals surface area contributed by atoms with Gasteiger partial charge >= 0.3 is 0 Å². The summed E-state index contributed by atoms with van der Waals surface area (Å²) in [7, 11) is 1.92. The Hall–Kier alpha value is -2.97. The van der Waals surface area contributed by atoms with Crippen molar-refractivity contribution < 1.29 is 4.79 Å². The van der Waals surface area contributed by atoms with Crippen LogP contribution in [0.4, 0.5) is 5.13 Å². The van der Waals surface area contributed by atoms with Crippen LogP contribution in [0, 0.1) is 0 Å². The highest BCUT2D eigenvalue weighted by Crippen LogP contribution is 2.29. The third-order valence-corrected chi connectivity index (χ3v) is 7.19. The molecule has 0 fully saturated rings. The molecule has 0 radical (unpaired) electrons. The molecule has 2 aromatic carbocycles. The van der Waals surface area contributed by atoms with Gasteiger partial charge in [-0.1, -0.05) is 87.1 Å². The minimum atomic E-state index is -0.354. The quantitative estimate of drug-likeness (QED) is 0.344. The second-order valence-corrected chi connectivity index (χ2v) is 11.0. The fraction of sp³-hybridized carbons (Fsp3) is 0.280. The number of thiazole rings is 1. The van der Waals surface area contributed by atoms with E-state index in [1.807, 2.05) is 54.3 Å². The average molecular weight is 478 g/mol. The molecule has 0 aliphatic rings. The largest absolute Gasteiger partial charge is 0.305 e. The number of aromatic nitrogens is 4. The predicted octanol–water partition coefficient (Wildman–Crippen LogP) is 6.02. The lowest BCUT2D eigenvalue weighted by atomic mass is 9.87. The van der Waals surface area contributed by atoms with E-state index in [9.17, 15) is 4.79 Å². The number of carbonyl (C=O) groups is 1. The van der Waals surface area contributed by atoms with Crippen LogP contribution in [0.25, 0.3) is 22.6 Å². The fourth-order valence-corrected chi connectivity index (χ4v) is 4.82. The van der Waals surface area contributed by atoms with E-state index in [1.165, 1.54) is 28.7 Å². The number of hydrogen-bond acceptors (Lipinski definition) is 6. The maximum Gasteiger partial charge on any atom is 0.239 e. The van der Waals surface area contributed by atoms with Crippen LogP contribution in [0.2, 0.25) is 0 Å². The second kappa shape index (κ2) is 9.49. The molecule has 0 bridgehead atoms. The molecule has 170 valence electrons. The molecule has 1 N–H and O–H groups in total. The van der Waals surface area contributed by atoms with Crippen LogP contribution in [0.15, 0.2) is 65.1 Å². The smallest absolute Gasteiger partial charge is 0.239 e. The lowest BCUT2D eigenvalue weighted by Gasteiger charge is -2.19. The topological polar surface area (TPSA) is 72.7 Å². The molecule has 0 saturated carbocycles. The zero-order valence-electron chi connectivity index (χ0n) is 19.4. The van der Waals surface area contributed by atoms with Crippen molar-refractivity contribution in [3.8, 4) is 22.6 Å². The summed E-state index contributed by atoms with van der Waals surface area (Å²) in [5.41, 5.74) is 4.25. The summed E-state index contributed by atoms with van der Waals surface area (Å²) in [6.45, 7) is 8.44. The average Bonchev–Trinajstić information content (AvgIpc) is 3.41. The number of amides is 1. The number of thioether (sulfide) groups is 1. The van der Waals surface area contributed by atoms with E-state index < -0.39 is 0 Å². The summed E-state index contributed by atoms with van der Waals surface area (Å²) >= 11 is 2.80. The number of anilines is 1. The summed E-state index contributed by atoms with van der Waals surface area (Å²) < 4.78 is 1.93. The lowest BCUT2D eigenvalue weighted by molar-refractivity contribution is -0.115. The first-order chi connectivity index (χ1) is 15.7. The van der Waals surface area contributed by atoms with Gasteiger partial charge in [0, 0.05) is 23.6 Å². The zero-order valence-corrected chi connectivity index (χ0v) is 21.0. The number of nitrogens with one attached hydrogen (secondary N) is 1. The van der Waals surface area contributed by atoms with Crippen molar-refractivity contribution in [2.24, 2.45) is 7.05 Å². The summed E-state index contributed by atoms with van der Waals surface area (Å²) in [4.78, 5) is 17.3. The van der Waals surface area contributed by atoms with Crippen molar-refractivity contribution in [2.75, 3.05) is 5.32 Å². The standard InChI is InChI=1S/C25H27N5OS2/c1-16(22(31)27-23-26-20(15-32-23)17-9-7-6-8-10-17)33-24-29-28-21(30(24)5)18-11-13-19(14-12-18)25(2,3)4/h6-16H,1-5H3,(H,26,27,31)/t16-/m0/s1. The first kappa shape index (κ1) is 23.2. The third kappa shape index (κ3) is 5.34. The van der Waals surface area contributed by atoms with Gasteiger partial charge in [0.1, 0.15) is 0 Å². The molecule has 0 aliphatic carbocycles. The Morgan fingerprint density at radius 1 is 1.03 bits per heavy atom. The van der Waals surface area contributed by atoms with E-state index in [-0.39, 0.29) is 16.6 Å². The molecule has 1 atom stereocenters. The molecule has 0 saturated heterocycles. The second-order valence-electron chi connectivity index (χ2n) is 8.85. The molecule has 2 heterocycles. The molecule has 0 unspecified atom stereocenters. The van der Waals surface area contributed by atoms with Crippen LogP contribution in [-0.4, -0.2) is 30.9 Å². The number of rotatable bonds is 6. The molecule has 0 spiro atoms. The van der Waals surface area contributed by atoms with Crippen LogP contribution in [0.3, 0.4) is 0 Å². The van der Waals surface area contributed by atoms with Gasteiger partial charge in [-0.25, -0.2) is 4.98 Å². The van der Waals surface area contributed by atoms with Gasteiger partial charge in [-0.2, -0.15) is 0 Å². The van der Waals surface area contributed by atoms with Gasteiger partial charge < -0.3 is 9.88 Å². The molecule has 8 heteroatoms. The highest BCUT2D eigenvalue weighted by atomic mass is 32.2. The minimum absolute atomic E-state index is 0.0987. The highest BCUT2D eigenvalue weighted by molar-refractivity contribution is 8.00. The summed E-state index contributed by atoms with van der Waals surface area (Å²) in [5, 5.41) is 14.5. The first-order valence-corrected chi connectivity index (χ1v) is 12.5. The Labute approximate surface area is 202 Å². The Morgan fingerprint density at radius 2 is 1.73 bits per heavy atom. The molecule has 4 rings (SSSR count). The highest BCUT2D eigenvalue weighted by Gasteiger charge is 2.21. The van der Waals surface area contributed by atoms with Gasteiger partial charge in [-0.05, 0) is 17.9 Å². The summed E-state index contributed by atoms with van der Waals surface area (Å²) in [6.07, 6.45) is 0. The molecule has 2 aromatic heterocycles. The molecular weight excluding hydrogens is 450 g/mol. The van der Waals surface area contributed by atoms with E-state index in [1.54, 1.807) is 0 Å². The number of carbonyl (C=O) groups excluding carboxylic acids is 1. The molecule has 4 aromatic rings. The van der Waals surface area contributed by atoms with Gasteiger partial charge in [0.05, 0.1) is 10.9 Å². The summed E-state index contributed by atoms with van der Waals surface area (Å²) in [6, 6.07) is 18.3. The van der Waals surface area contributed by atoms with E-state index >= 15 is 0 Å². The number of nitrogens with zero attached hydrogens (tertiary/aromatic N) is 4. The Kier molecular flexibility index (Phi) is 6.67. The molecule has 33 heavy (non-hydrogen) atoms. The number of benzene rings is 2. The maximum atomic E-state index is 12.8. The van der Waals surface area contributed by atoms with Crippen LogP contribution in [-0.2, 0) is 17.3 Å². The van der Waals surface area contributed by atoms with Crippen LogP contribution in [0.5, 0.6) is 0 Å². The van der Waals surface area contributed by atoms with Crippen molar-refractivity contribution in [1.29, 1.82) is 0 Å². The van der Waals surface area contributed by atoms with Gasteiger partial charge in [0.15, 0.2) is 16.1 Å². The molecule has 0 aliphatic heterocycles. The predicted molar refractivity (Wildman–Crippen MR) is 137 cm³/mol. The molecular formula is C25H27N5OS2. The Balaban J connectivity index is 1.42. The van der Waals surface area contributed by atoms with Gasteiger partial charge in [0.25, 0.3) is 0 Å². The zero-order chi connectivity index (χ0) is 23.6. The van der Waals surface area contributed by atoms with E-state index in [0.29, 0.717) is 10.3 Å². The van der Waals surface area contributed by atoms with E-state index in [0.717, 1.165) is 22.6 Å². The van der Waals surface area contributed by atoms with Gasteiger partial charge in [-0.15, -0.1) is 21.5 Å². The van der Waals surface area contributed by atoms with Gasteiger partial charge in [-0.3, -0.25) is 4.79 Å². The first-order valence-electron chi connectivity index (χ1n) is 10.7. The monoisotopic (exact) mass is 477 g/mol. The van der Waals surface area contributed by atoms with Crippen LogP contribution < -0.4 is 5.32 Å². The maximum absolute atomic E-state index is 12.8. The fourth-order valence-electron chi connectivity index (χ4n) is 3.28. The van der Waals surface area contributed by atoms with Crippen LogP contribution >= 0.6 is 23.1 Å². The Bertz CT molecular complexity index is 1240. The van der Waals surface area contributed by atoms with E-state index in [2.05, 4.69) is 65.5 Å². The van der Waals surface area contributed by atoms with Crippen molar-refractivity contribution in [2.45, 2.75) is 43.5 Å². The third-order valence-electron chi connectivity index (χ3n) is 5.30. The lowest BCUT2D eigenvalue weighted by Crippen LogP contribution is -2.22. The normalized spacial score (nSPS) is 12.5. The van der Waals surface area contributed by atoms with Crippen molar-refractivity contribution in [3.05, 3.63) is 65.5 Å². The SMILES string of the molecule is C[C@H](Sc1nnc(-c2ccc(C(C)(C)C)cc2)n1C)C(=O)Nc1nc(-c2ccccc2)cs1. The molecule has 1 amide bonds. The number of hydrogen-bond donors (Lipinski definition) is 1. The molecule has 6 nitrogen and oxygen atoms in total. The Morgan fingerprint density at radius 3 is 2.39 bits per heavy atom. The van der Waals surface area contributed by atoms with Crippen molar-refractivity contribution in [1.82, 2.24) is 19.7 Å². The minimum Gasteiger partial charge on any atom is -0.305 e. The van der Waals surface area contributed by atoms with Crippen LogP contribution in [0.1, 0.15) is 33.3 Å². The van der Waals surface area contributed by atoms with Crippen molar-refractivity contribution >= 4 is 34.1 Å². The summed E-state index contributed by atoms with van der Waals surface area (Å²) in [5.74, 6) is 0.658.